The summed E-state index contributed by atoms with van der Waals surface area (Å²) < 4.78 is 0. The van der Waals surface area contributed by atoms with Gasteiger partial charge in [-0.3, -0.25) is 9.59 Å². The molecule has 0 radical (unpaired) electrons. The van der Waals surface area contributed by atoms with Crippen LogP contribution in [0.15, 0.2) is 54.1 Å². The van der Waals surface area contributed by atoms with E-state index in [1.807, 2.05) is 49.4 Å². The number of allylic oxidation sites excluding steroid dienone is 1. The van der Waals surface area contributed by atoms with Crippen molar-refractivity contribution in [2.45, 2.75) is 25.8 Å². The highest BCUT2D eigenvalue weighted by molar-refractivity contribution is 6.31. The predicted octanol–water partition coefficient (Wildman–Crippen LogP) is 4.51. The molecule has 1 saturated heterocycles. The highest BCUT2D eigenvalue weighted by Gasteiger charge is 2.42. The number of anilines is 1. The zero-order chi connectivity index (χ0) is 16.8. The second-order valence-electron chi connectivity index (χ2n) is 6.21. The lowest BCUT2D eigenvalue weighted by molar-refractivity contribution is -0.117. The van der Waals surface area contributed by atoms with E-state index in [0.717, 1.165) is 16.8 Å². The third-order valence-corrected chi connectivity index (χ3v) is 5.09. The molecule has 4 rings (SSSR count). The Morgan fingerprint density at radius 3 is 2.67 bits per heavy atom. The molecule has 3 nitrogen and oxygen atoms in total. The number of carbonyl (C=O) groups is 2. The minimum Gasteiger partial charge on any atom is -0.304 e. The highest BCUT2D eigenvalue weighted by atomic mass is 35.5. The first kappa shape index (κ1) is 15.2. The van der Waals surface area contributed by atoms with Gasteiger partial charge in [-0.05, 0) is 37.1 Å². The Balaban J connectivity index is 1.93. The summed E-state index contributed by atoms with van der Waals surface area (Å²) in [7, 11) is 0. The molecule has 1 fully saturated rings. The van der Waals surface area contributed by atoms with Crippen LogP contribution in [0.2, 0.25) is 5.02 Å². The molecule has 0 aromatic heterocycles. The molecular formula is C20H16ClNO2. The van der Waals surface area contributed by atoms with E-state index < -0.39 is 0 Å². The Kier molecular flexibility index (Phi) is 3.54. The monoisotopic (exact) mass is 337 g/mol. The molecule has 2 aliphatic heterocycles. The maximum absolute atomic E-state index is 13.1. The quantitative estimate of drug-likeness (QED) is 0.756. The molecule has 2 aliphatic rings. The van der Waals surface area contributed by atoms with Crippen LogP contribution in [0.1, 0.15) is 35.7 Å². The number of Topliss-reactive ketones (excluding diaryl/α,β-unsaturated/α-hetero) is 1. The van der Waals surface area contributed by atoms with E-state index in [-0.39, 0.29) is 17.7 Å². The molecule has 2 heterocycles. The van der Waals surface area contributed by atoms with Gasteiger partial charge in [0.1, 0.15) is 0 Å². The average molecular weight is 338 g/mol. The first-order valence-electron chi connectivity index (χ1n) is 8.00. The highest BCUT2D eigenvalue weighted by Crippen LogP contribution is 2.44. The number of hydrogen-bond acceptors (Lipinski definition) is 2. The van der Waals surface area contributed by atoms with Crippen molar-refractivity contribution in [3.63, 3.8) is 0 Å². The predicted molar refractivity (Wildman–Crippen MR) is 95.3 cm³/mol. The fourth-order valence-corrected chi connectivity index (χ4v) is 3.91. The van der Waals surface area contributed by atoms with Gasteiger partial charge in [0.2, 0.25) is 5.91 Å². The van der Waals surface area contributed by atoms with Crippen LogP contribution in [-0.2, 0) is 4.79 Å². The van der Waals surface area contributed by atoms with Gasteiger partial charge in [0.05, 0.1) is 11.7 Å². The number of amides is 1. The fraction of sp³-hybridized carbons (Fsp3) is 0.200. The molecule has 120 valence electrons. The zero-order valence-corrected chi connectivity index (χ0v) is 14.0. The van der Waals surface area contributed by atoms with Crippen LogP contribution in [0, 0.1) is 0 Å². The van der Waals surface area contributed by atoms with E-state index >= 15 is 0 Å². The third-order valence-electron chi connectivity index (χ3n) is 4.85. The number of rotatable bonds is 2. The van der Waals surface area contributed by atoms with Gasteiger partial charge in [0, 0.05) is 28.1 Å². The molecule has 0 saturated carbocycles. The number of halogens is 1. The van der Waals surface area contributed by atoms with E-state index in [4.69, 9.17) is 11.6 Å². The van der Waals surface area contributed by atoms with E-state index in [1.54, 1.807) is 11.0 Å². The van der Waals surface area contributed by atoms with Crippen molar-refractivity contribution in [1.29, 1.82) is 0 Å². The fourth-order valence-electron chi connectivity index (χ4n) is 3.74. The van der Waals surface area contributed by atoms with Crippen LogP contribution in [0.25, 0.3) is 5.57 Å². The number of benzene rings is 2. The summed E-state index contributed by atoms with van der Waals surface area (Å²) >= 11 is 6.15. The Morgan fingerprint density at radius 1 is 1.17 bits per heavy atom. The van der Waals surface area contributed by atoms with Crippen molar-refractivity contribution >= 4 is 34.6 Å². The molecule has 1 amide bonds. The summed E-state index contributed by atoms with van der Waals surface area (Å²) in [5.41, 5.74) is 4.00. The van der Waals surface area contributed by atoms with Crippen LogP contribution in [-0.4, -0.2) is 17.7 Å². The number of hydrogen-bond donors (Lipinski definition) is 0. The van der Waals surface area contributed by atoms with Gasteiger partial charge in [0.25, 0.3) is 0 Å². The summed E-state index contributed by atoms with van der Waals surface area (Å²) in [5.74, 6) is 0.0536. The molecule has 24 heavy (non-hydrogen) atoms. The largest absolute Gasteiger partial charge is 0.304 e. The second kappa shape index (κ2) is 5.60. The minimum atomic E-state index is -0.182. The van der Waals surface area contributed by atoms with Gasteiger partial charge in [-0.2, -0.15) is 0 Å². The van der Waals surface area contributed by atoms with Crippen LogP contribution >= 0.6 is 11.6 Å². The van der Waals surface area contributed by atoms with E-state index in [9.17, 15) is 9.59 Å². The molecule has 2 aromatic carbocycles. The molecule has 0 aliphatic carbocycles. The van der Waals surface area contributed by atoms with Gasteiger partial charge in [0.15, 0.2) is 5.78 Å². The van der Waals surface area contributed by atoms with Crippen molar-refractivity contribution in [1.82, 2.24) is 0 Å². The van der Waals surface area contributed by atoms with Crippen molar-refractivity contribution < 1.29 is 9.59 Å². The number of ketones is 1. The summed E-state index contributed by atoms with van der Waals surface area (Å²) in [6.45, 7) is 1.95. The summed E-state index contributed by atoms with van der Waals surface area (Å²) in [4.78, 5) is 27.3. The van der Waals surface area contributed by atoms with Crippen LogP contribution in [0.3, 0.4) is 0 Å². The van der Waals surface area contributed by atoms with Gasteiger partial charge >= 0.3 is 0 Å². The summed E-state index contributed by atoms with van der Waals surface area (Å²) in [6.07, 6.45) is 1.14. The van der Waals surface area contributed by atoms with Crippen molar-refractivity contribution in [3.8, 4) is 0 Å². The van der Waals surface area contributed by atoms with Gasteiger partial charge < -0.3 is 4.90 Å². The van der Waals surface area contributed by atoms with Crippen LogP contribution in [0.4, 0.5) is 5.69 Å². The SMILES string of the molecule is CC1=C(C(=O)c2ccccc2)C2CCC(=O)N2c2ccc(Cl)cc21. The van der Waals surface area contributed by atoms with E-state index in [0.29, 0.717) is 29.0 Å². The third kappa shape index (κ3) is 2.20. The lowest BCUT2D eigenvalue weighted by Gasteiger charge is -2.34. The van der Waals surface area contributed by atoms with Crippen molar-refractivity contribution in [3.05, 3.63) is 70.3 Å². The maximum Gasteiger partial charge on any atom is 0.227 e. The Bertz CT molecular complexity index is 886. The zero-order valence-electron chi connectivity index (χ0n) is 13.3. The Labute approximate surface area is 145 Å². The summed E-state index contributed by atoms with van der Waals surface area (Å²) in [6, 6.07) is 14.6. The molecule has 0 N–H and O–H groups in total. The number of carbonyl (C=O) groups excluding carboxylic acids is 2. The second-order valence-corrected chi connectivity index (χ2v) is 6.65. The molecule has 1 unspecified atom stereocenters. The van der Waals surface area contributed by atoms with Crippen molar-refractivity contribution in [2.75, 3.05) is 4.90 Å². The van der Waals surface area contributed by atoms with Gasteiger partial charge in [-0.1, -0.05) is 41.9 Å². The van der Waals surface area contributed by atoms with Crippen LogP contribution < -0.4 is 4.90 Å². The smallest absolute Gasteiger partial charge is 0.227 e. The normalized spacial score (nSPS) is 19.3. The van der Waals surface area contributed by atoms with Crippen LogP contribution in [0.5, 0.6) is 0 Å². The first-order valence-corrected chi connectivity index (χ1v) is 8.38. The molecular weight excluding hydrogens is 322 g/mol. The average Bonchev–Trinajstić information content (AvgIpc) is 2.97. The number of fused-ring (bicyclic) bond motifs is 3. The van der Waals surface area contributed by atoms with E-state index in [2.05, 4.69) is 0 Å². The molecule has 2 aromatic rings. The molecule has 0 bridgehead atoms. The first-order chi connectivity index (χ1) is 11.6. The minimum absolute atomic E-state index is 0.0107. The van der Waals surface area contributed by atoms with Gasteiger partial charge in [-0.25, -0.2) is 0 Å². The summed E-state index contributed by atoms with van der Waals surface area (Å²) in [5, 5.41) is 0.602. The Morgan fingerprint density at radius 2 is 1.92 bits per heavy atom. The van der Waals surface area contributed by atoms with E-state index in [1.165, 1.54) is 0 Å². The maximum atomic E-state index is 13.1. The molecule has 1 atom stereocenters. The molecule has 4 heteroatoms. The lowest BCUT2D eigenvalue weighted by Crippen LogP contribution is -2.40. The Hall–Kier alpha value is -2.39. The topological polar surface area (TPSA) is 37.4 Å². The van der Waals surface area contributed by atoms with Gasteiger partial charge in [-0.15, -0.1) is 0 Å². The lowest BCUT2D eigenvalue weighted by atomic mass is 9.85. The number of nitrogens with zero attached hydrogens (tertiary/aromatic N) is 1. The standard InChI is InChI=1S/C20H16ClNO2/c1-12-15-11-14(21)7-8-16(15)22-17(9-10-18(22)23)19(12)20(24)13-5-3-2-4-6-13/h2-8,11,17H,9-10H2,1H3. The molecule has 0 spiro atoms. The van der Waals surface area contributed by atoms with Crippen molar-refractivity contribution in [2.24, 2.45) is 0 Å².